The van der Waals surface area contributed by atoms with E-state index in [0.717, 1.165) is 23.1 Å². The zero-order chi connectivity index (χ0) is 18.5. The van der Waals surface area contributed by atoms with Gasteiger partial charge < -0.3 is 14.9 Å². The van der Waals surface area contributed by atoms with Gasteiger partial charge in [0, 0.05) is 18.9 Å². The molecule has 0 spiro atoms. The minimum absolute atomic E-state index is 0.00830. The maximum Gasteiger partial charge on any atom is 0.162 e. The number of aliphatic hydroxyl groups excluding tert-OH is 1. The number of methoxy groups -OCH3 is 1. The van der Waals surface area contributed by atoms with E-state index in [1.807, 2.05) is 6.92 Å². The molecule has 2 N–H and O–H groups in total. The van der Waals surface area contributed by atoms with Crippen LogP contribution in [0.15, 0.2) is 22.8 Å². The first-order valence-corrected chi connectivity index (χ1v) is 9.60. The van der Waals surface area contributed by atoms with Gasteiger partial charge in [0.2, 0.25) is 0 Å². The van der Waals surface area contributed by atoms with E-state index in [9.17, 15) is 15.0 Å². The van der Waals surface area contributed by atoms with Crippen LogP contribution in [0.5, 0.6) is 0 Å². The molecule has 0 heterocycles. The average molecular weight is 348 g/mol. The maximum atomic E-state index is 12.8. The Hall–Kier alpha value is -0.970. The molecule has 0 bridgehead atoms. The number of aliphatic hydroxyl groups is 2. The number of ether oxygens (including phenoxy) is 1. The van der Waals surface area contributed by atoms with E-state index in [4.69, 9.17) is 4.74 Å². The first kappa shape index (κ1) is 18.8. The lowest BCUT2D eigenvalue weighted by molar-refractivity contribution is -0.118. The summed E-state index contributed by atoms with van der Waals surface area (Å²) in [6.07, 6.45) is 3.75. The van der Waals surface area contributed by atoms with Gasteiger partial charge in [-0.15, -0.1) is 0 Å². The molecule has 3 aliphatic rings. The lowest BCUT2D eigenvalue weighted by Crippen LogP contribution is -2.37. The molecule has 6 atom stereocenters. The molecular weight excluding hydrogens is 316 g/mol. The van der Waals surface area contributed by atoms with Gasteiger partial charge >= 0.3 is 0 Å². The van der Waals surface area contributed by atoms with Gasteiger partial charge in [0.15, 0.2) is 5.78 Å². The molecule has 0 aromatic rings. The standard InChI is InChI=1S/C21H32O4/c1-11(2)19-16-9-18(22)12(3)14-6-7-21(24,10-25-5)17(14)8-15(16)13(4)20(19)23/h8,11-15,18,22,24H,6-7,9-10H2,1-5H3/t12-,13+,14+,15+,18+,21+/m1/s1. The van der Waals surface area contributed by atoms with Gasteiger partial charge in [0.05, 0.1) is 12.7 Å². The Morgan fingerprint density at radius 1 is 1.36 bits per heavy atom. The van der Waals surface area contributed by atoms with E-state index in [1.165, 1.54) is 0 Å². The highest BCUT2D eigenvalue weighted by molar-refractivity contribution is 6.01. The fraction of sp³-hybridized carbons (Fsp3) is 0.762. The number of ketones is 1. The second-order valence-electron chi connectivity index (χ2n) is 8.63. The van der Waals surface area contributed by atoms with E-state index in [1.54, 1.807) is 7.11 Å². The molecule has 3 aliphatic carbocycles. The minimum Gasteiger partial charge on any atom is -0.392 e. The summed E-state index contributed by atoms with van der Waals surface area (Å²) in [5.41, 5.74) is 1.99. The normalized spacial score (nSPS) is 41.5. The van der Waals surface area contributed by atoms with Crippen molar-refractivity contribution in [3.63, 3.8) is 0 Å². The third-order valence-electron chi connectivity index (χ3n) is 6.76. The highest BCUT2D eigenvalue weighted by Crippen LogP contribution is 2.51. The van der Waals surface area contributed by atoms with Crippen molar-refractivity contribution >= 4 is 5.78 Å². The fourth-order valence-corrected chi connectivity index (χ4v) is 5.33. The first-order valence-electron chi connectivity index (χ1n) is 9.60. The van der Waals surface area contributed by atoms with Crippen molar-refractivity contribution in [2.24, 2.45) is 29.6 Å². The Kier molecular flexibility index (Phi) is 5.00. The van der Waals surface area contributed by atoms with E-state index in [2.05, 4.69) is 26.8 Å². The van der Waals surface area contributed by atoms with Crippen molar-refractivity contribution in [3.8, 4) is 0 Å². The van der Waals surface area contributed by atoms with Gasteiger partial charge in [-0.05, 0) is 48.2 Å². The van der Waals surface area contributed by atoms with Crippen LogP contribution in [-0.4, -0.2) is 41.4 Å². The highest BCUT2D eigenvalue weighted by atomic mass is 16.5. The molecule has 0 aromatic carbocycles. The summed E-state index contributed by atoms with van der Waals surface area (Å²) in [6.45, 7) is 8.42. The van der Waals surface area contributed by atoms with Gasteiger partial charge in [0.25, 0.3) is 0 Å². The van der Waals surface area contributed by atoms with E-state index < -0.39 is 11.7 Å². The lowest BCUT2D eigenvalue weighted by Gasteiger charge is -2.35. The molecule has 1 fully saturated rings. The zero-order valence-corrected chi connectivity index (χ0v) is 16.1. The molecule has 0 unspecified atom stereocenters. The average Bonchev–Trinajstić information content (AvgIpc) is 2.96. The Labute approximate surface area is 151 Å². The van der Waals surface area contributed by atoms with Gasteiger partial charge in [0.1, 0.15) is 5.60 Å². The summed E-state index contributed by atoms with van der Waals surface area (Å²) in [7, 11) is 1.61. The van der Waals surface area contributed by atoms with Crippen LogP contribution in [0.2, 0.25) is 0 Å². The van der Waals surface area contributed by atoms with Crippen molar-refractivity contribution in [2.45, 2.75) is 58.7 Å². The maximum absolute atomic E-state index is 12.8. The number of hydrogen-bond acceptors (Lipinski definition) is 4. The topological polar surface area (TPSA) is 66.8 Å². The van der Waals surface area contributed by atoms with Crippen molar-refractivity contribution in [1.82, 2.24) is 0 Å². The third kappa shape index (κ3) is 2.92. The summed E-state index contributed by atoms with van der Waals surface area (Å²) in [4.78, 5) is 12.8. The van der Waals surface area contributed by atoms with Gasteiger partial charge in [-0.3, -0.25) is 4.79 Å². The molecule has 4 heteroatoms. The van der Waals surface area contributed by atoms with Gasteiger partial charge in [-0.2, -0.15) is 0 Å². The number of carbonyl (C=O) groups is 1. The van der Waals surface area contributed by atoms with Crippen LogP contribution >= 0.6 is 0 Å². The molecule has 0 aromatic heterocycles. The van der Waals surface area contributed by atoms with Crippen molar-refractivity contribution < 1.29 is 19.7 Å². The molecule has 1 saturated carbocycles. The molecule has 4 nitrogen and oxygen atoms in total. The third-order valence-corrected chi connectivity index (χ3v) is 6.76. The number of carbonyl (C=O) groups excluding carboxylic acids is 1. The van der Waals surface area contributed by atoms with Crippen molar-refractivity contribution in [3.05, 3.63) is 22.8 Å². The Morgan fingerprint density at radius 2 is 2.04 bits per heavy atom. The van der Waals surface area contributed by atoms with Crippen LogP contribution in [0.4, 0.5) is 0 Å². The minimum atomic E-state index is -0.973. The van der Waals surface area contributed by atoms with Crippen molar-refractivity contribution in [2.75, 3.05) is 13.7 Å². The number of allylic oxidation sites excluding steroid dienone is 2. The predicted molar refractivity (Wildman–Crippen MR) is 96.9 cm³/mol. The summed E-state index contributed by atoms with van der Waals surface area (Å²) in [5, 5.41) is 22.0. The summed E-state index contributed by atoms with van der Waals surface area (Å²) >= 11 is 0. The van der Waals surface area contributed by atoms with Crippen LogP contribution in [0, 0.1) is 29.6 Å². The smallest absolute Gasteiger partial charge is 0.162 e. The van der Waals surface area contributed by atoms with E-state index >= 15 is 0 Å². The Balaban J connectivity index is 2.14. The molecule has 0 aliphatic heterocycles. The molecule has 140 valence electrons. The van der Waals surface area contributed by atoms with Crippen LogP contribution in [0.25, 0.3) is 0 Å². The SMILES string of the molecule is COC[C@@]1(O)CC[C@@H]2C1=C[C@@H]1C(=C(C(C)C)C(=O)[C@H]1C)C[C@H](O)[C@@H]2C. The number of fused-ring (bicyclic) bond motifs is 2. The molecule has 25 heavy (non-hydrogen) atoms. The number of Topliss-reactive ketones (excluding diaryl/α,β-unsaturated/α-hetero) is 1. The first-order chi connectivity index (χ1) is 11.7. The van der Waals surface area contributed by atoms with Crippen LogP contribution in [-0.2, 0) is 9.53 Å². The van der Waals surface area contributed by atoms with Crippen molar-refractivity contribution in [1.29, 1.82) is 0 Å². The largest absolute Gasteiger partial charge is 0.392 e. The summed E-state index contributed by atoms with van der Waals surface area (Å²) in [6, 6.07) is 0. The number of hydrogen-bond donors (Lipinski definition) is 2. The lowest BCUT2D eigenvalue weighted by atomic mass is 9.74. The summed E-state index contributed by atoms with van der Waals surface area (Å²) < 4.78 is 5.30. The Morgan fingerprint density at radius 3 is 2.64 bits per heavy atom. The molecule has 0 radical (unpaired) electrons. The van der Waals surface area contributed by atoms with Crippen LogP contribution < -0.4 is 0 Å². The van der Waals surface area contributed by atoms with Crippen LogP contribution in [0.1, 0.15) is 47.0 Å². The Bertz CT molecular complexity index is 617. The monoisotopic (exact) mass is 348 g/mol. The van der Waals surface area contributed by atoms with E-state index in [0.29, 0.717) is 12.8 Å². The zero-order valence-electron chi connectivity index (χ0n) is 16.1. The predicted octanol–water partition coefficient (Wildman–Crippen LogP) is 2.89. The van der Waals surface area contributed by atoms with Crippen LogP contribution in [0.3, 0.4) is 0 Å². The molecule has 3 rings (SSSR count). The second-order valence-corrected chi connectivity index (χ2v) is 8.63. The summed E-state index contributed by atoms with van der Waals surface area (Å²) in [5.74, 6) is 0.456. The highest BCUT2D eigenvalue weighted by Gasteiger charge is 2.49. The molecule has 0 amide bonds. The van der Waals surface area contributed by atoms with Gasteiger partial charge in [-0.1, -0.05) is 39.3 Å². The molecule has 0 saturated heterocycles. The van der Waals surface area contributed by atoms with Gasteiger partial charge in [-0.25, -0.2) is 0 Å². The molecular formula is C21H32O4. The van der Waals surface area contributed by atoms with E-state index in [-0.39, 0.29) is 42.0 Å². The fourth-order valence-electron chi connectivity index (χ4n) is 5.33. The quantitative estimate of drug-likeness (QED) is 0.770. The second kappa shape index (κ2) is 6.64. The number of rotatable bonds is 3.